The van der Waals surface area contributed by atoms with Gasteiger partial charge in [-0.1, -0.05) is 41.9 Å². The summed E-state index contributed by atoms with van der Waals surface area (Å²) in [5, 5.41) is 4.08. The van der Waals surface area contributed by atoms with E-state index in [2.05, 4.69) is 5.32 Å². The third-order valence-corrected chi connectivity index (χ3v) is 4.16. The zero-order valence-electron chi connectivity index (χ0n) is 14.7. The fourth-order valence-corrected chi connectivity index (χ4v) is 2.73. The molecule has 3 rings (SSSR count). The highest BCUT2D eigenvalue weighted by atomic mass is 35.5. The van der Waals surface area contributed by atoms with Gasteiger partial charge in [-0.2, -0.15) is 0 Å². The molecule has 6 nitrogen and oxygen atoms in total. The SMILES string of the molecule is COCc1c(C(=O)OCC(=O)NCc2ccc(Cl)cc2)oc2ccccc12. The second-order valence-electron chi connectivity index (χ2n) is 5.82. The van der Waals surface area contributed by atoms with Gasteiger partial charge in [-0.25, -0.2) is 4.79 Å². The van der Waals surface area contributed by atoms with Gasteiger partial charge in [0, 0.05) is 29.6 Å². The topological polar surface area (TPSA) is 77.8 Å². The number of benzene rings is 2. The van der Waals surface area contributed by atoms with Crippen LogP contribution in [0.4, 0.5) is 0 Å². The van der Waals surface area contributed by atoms with Crippen LogP contribution in [0, 0.1) is 0 Å². The van der Waals surface area contributed by atoms with Crippen molar-refractivity contribution in [3.05, 3.63) is 70.4 Å². The van der Waals surface area contributed by atoms with Gasteiger partial charge in [0.1, 0.15) is 5.58 Å². The maximum atomic E-state index is 12.4. The molecule has 1 N–H and O–H groups in total. The Labute approximate surface area is 161 Å². The molecule has 1 amide bonds. The first-order chi connectivity index (χ1) is 13.1. The quantitative estimate of drug-likeness (QED) is 0.625. The number of carbonyl (C=O) groups is 2. The van der Waals surface area contributed by atoms with Crippen molar-refractivity contribution in [3.8, 4) is 0 Å². The first-order valence-electron chi connectivity index (χ1n) is 8.26. The Kier molecular flexibility index (Phi) is 6.11. The average Bonchev–Trinajstić information content (AvgIpc) is 3.05. The molecule has 1 heterocycles. The van der Waals surface area contributed by atoms with Crippen LogP contribution in [-0.2, 0) is 27.4 Å². The predicted molar refractivity (Wildman–Crippen MR) is 101 cm³/mol. The lowest BCUT2D eigenvalue weighted by atomic mass is 10.1. The molecule has 0 saturated carbocycles. The first-order valence-corrected chi connectivity index (χ1v) is 8.64. The van der Waals surface area contributed by atoms with Crippen molar-refractivity contribution in [1.82, 2.24) is 5.32 Å². The van der Waals surface area contributed by atoms with Crippen LogP contribution in [0.15, 0.2) is 52.9 Å². The van der Waals surface area contributed by atoms with E-state index in [-0.39, 0.29) is 12.4 Å². The predicted octanol–water partition coefficient (Wildman–Crippen LogP) is 3.71. The second-order valence-corrected chi connectivity index (χ2v) is 6.25. The fourth-order valence-electron chi connectivity index (χ4n) is 2.60. The van der Waals surface area contributed by atoms with Crippen molar-refractivity contribution in [2.24, 2.45) is 0 Å². The largest absolute Gasteiger partial charge is 0.450 e. The third kappa shape index (κ3) is 4.67. The molecule has 0 aliphatic carbocycles. The number of hydrogen-bond acceptors (Lipinski definition) is 5. The van der Waals surface area contributed by atoms with Gasteiger partial charge in [0.05, 0.1) is 6.61 Å². The Bertz CT molecular complexity index is 949. The molecule has 1 aromatic heterocycles. The molecule has 0 aliphatic heterocycles. The number of hydrogen-bond donors (Lipinski definition) is 1. The summed E-state index contributed by atoms with van der Waals surface area (Å²) in [5.41, 5.74) is 2.04. The van der Waals surface area contributed by atoms with Crippen LogP contribution in [0.1, 0.15) is 21.7 Å². The Morgan fingerprint density at radius 2 is 1.85 bits per heavy atom. The molecule has 27 heavy (non-hydrogen) atoms. The van der Waals surface area contributed by atoms with Crippen molar-refractivity contribution in [3.63, 3.8) is 0 Å². The summed E-state index contributed by atoms with van der Waals surface area (Å²) < 4.78 is 15.8. The lowest BCUT2D eigenvalue weighted by Gasteiger charge is -2.07. The summed E-state index contributed by atoms with van der Waals surface area (Å²) in [4.78, 5) is 24.3. The Morgan fingerprint density at radius 1 is 1.11 bits per heavy atom. The number of furan rings is 1. The minimum absolute atomic E-state index is 0.0450. The van der Waals surface area contributed by atoms with Gasteiger partial charge in [-0.3, -0.25) is 4.79 Å². The van der Waals surface area contributed by atoms with E-state index in [1.165, 1.54) is 7.11 Å². The maximum absolute atomic E-state index is 12.4. The van der Waals surface area contributed by atoms with Crippen molar-refractivity contribution in [2.75, 3.05) is 13.7 Å². The van der Waals surface area contributed by atoms with Crippen molar-refractivity contribution < 1.29 is 23.5 Å². The second kappa shape index (κ2) is 8.70. The molecule has 0 radical (unpaired) electrons. The number of rotatable bonds is 7. The van der Waals surface area contributed by atoms with Crippen molar-refractivity contribution in [1.29, 1.82) is 0 Å². The van der Waals surface area contributed by atoms with Crippen molar-refractivity contribution >= 4 is 34.4 Å². The molecule has 0 unspecified atom stereocenters. The van der Waals surface area contributed by atoms with Crippen LogP contribution in [0.5, 0.6) is 0 Å². The molecule has 7 heteroatoms. The molecule has 0 bridgehead atoms. The monoisotopic (exact) mass is 387 g/mol. The number of halogens is 1. The van der Waals surface area contributed by atoms with Gasteiger partial charge in [0.2, 0.25) is 5.76 Å². The fraction of sp³-hybridized carbons (Fsp3) is 0.200. The smallest absolute Gasteiger partial charge is 0.375 e. The molecule has 0 fully saturated rings. The normalized spacial score (nSPS) is 10.7. The Morgan fingerprint density at radius 3 is 2.59 bits per heavy atom. The lowest BCUT2D eigenvalue weighted by Crippen LogP contribution is -2.28. The number of nitrogens with one attached hydrogen (secondary N) is 1. The Hall–Kier alpha value is -2.83. The standard InChI is InChI=1S/C20H18ClNO5/c1-25-11-16-15-4-2-3-5-17(15)27-19(16)20(24)26-12-18(23)22-10-13-6-8-14(21)9-7-13/h2-9H,10-12H2,1H3,(H,22,23). The molecular weight excluding hydrogens is 370 g/mol. The molecule has 0 saturated heterocycles. The number of esters is 1. The summed E-state index contributed by atoms with van der Waals surface area (Å²) in [5.74, 6) is -1.08. The highest BCUT2D eigenvalue weighted by Crippen LogP contribution is 2.27. The van der Waals surface area contributed by atoms with Crippen LogP contribution in [-0.4, -0.2) is 25.6 Å². The van der Waals surface area contributed by atoms with Gasteiger partial charge in [-0.05, 0) is 23.8 Å². The lowest BCUT2D eigenvalue weighted by molar-refractivity contribution is -0.124. The third-order valence-electron chi connectivity index (χ3n) is 3.91. The summed E-state index contributed by atoms with van der Waals surface area (Å²) >= 11 is 5.82. The summed E-state index contributed by atoms with van der Waals surface area (Å²) in [6.45, 7) is 0.104. The number of amides is 1. The van der Waals surface area contributed by atoms with Crippen LogP contribution in [0.2, 0.25) is 5.02 Å². The molecule has 0 spiro atoms. The maximum Gasteiger partial charge on any atom is 0.375 e. The number of para-hydroxylation sites is 1. The zero-order valence-corrected chi connectivity index (χ0v) is 15.4. The number of methoxy groups -OCH3 is 1. The zero-order chi connectivity index (χ0) is 19.2. The van der Waals surface area contributed by atoms with E-state index in [1.807, 2.05) is 18.2 Å². The van der Waals surface area contributed by atoms with E-state index >= 15 is 0 Å². The average molecular weight is 388 g/mol. The molecular formula is C20H18ClNO5. The molecule has 0 aliphatic rings. The minimum Gasteiger partial charge on any atom is -0.450 e. The van der Waals surface area contributed by atoms with Crippen LogP contribution in [0.25, 0.3) is 11.0 Å². The Balaban J connectivity index is 1.60. The van der Waals surface area contributed by atoms with E-state index in [1.54, 1.807) is 30.3 Å². The van der Waals surface area contributed by atoms with E-state index in [4.69, 9.17) is 25.5 Å². The van der Waals surface area contributed by atoms with Crippen molar-refractivity contribution in [2.45, 2.75) is 13.2 Å². The first kappa shape index (κ1) is 18.9. The van der Waals surface area contributed by atoms with Gasteiger partial charge in [0.25, 0.3) is 5.91 Å². The van der Waals surface area contributed by atoms with Gasteiger partial charge >= 0.3 is 5.97 Å². The van der Waals surface area contributed by atoms with E-state index in [0.29, 0.717) is 22.7 Å². The number of fused-ring (bicyclic) bond motifs is 1. The molecule has 2 aromatic carbocycles. The number of carbonyl (C=O) groups excluding carboxylic acids is 2. The van der Waals surface area contributed by atoms with Crippen LogP contribution in [0.3, 0.4) is 0 Å². The highest BCUT2D eigenvalue weighted by Gasteiger charge is 2.22. The summed E-state index contributed by atoms with van der Waals surface area (Å²) in [6.07, 6.45) is 0. The molecule has 140 valence electrons. The van der Waals surface area contributed by atoms with E-state index in [9.17, 15) is 9.59 Å². The molecule has 3 aromatic rings. The minimum atomic E-state index is -0.708. The highest BCUT2D eigenvalue weighted by molar-refractivity contribution is 6.30. The van der Waals surface area contributed by atoms with Crippen LogP contribution < -0.4 is 5.32 Å². The van der Waals surface area contributed by atoms with Gasteiger partial charge < -0.3 is 19.2 Å². The van der Waals surface area contributed by atoms with E-state index < -0.39 is 18.5 Å². The molecule has 0 atom stereocenters. The summed E-state index contributed by atoms with van der Waals surface area (Å²) in [6, 6.07) is 14.3. The summed E-state index contributed by atoms with van der Waals surface area (Å²) in [7, 11) is 1.53. The van der Waals surface area contributed by atoms with E-state index in [0.717, 1.165) is 10.9 Å². The van der Waals surface area contributed by atoms with Gasteiger partial charge in [-0.15, -0.1) is 0 Å². The number of ether oxygens (including phenoxy) is 2. The van der Waals surface area contributed by atoms with Gasteiger partial charge in [0.15, 0.2) is 6.61 Å². The van der Waals surface area contributed by atoms with Crippen LogP contribution >= 0.6 is 11.6 Å².